The Balaban J connectivity index is 1.29. The number of Topliss-reactive ketones (excluding diaryl/α,β-unsaturated/α-hetero) is 2. The predicted octanol–water partition coefficient (Wildman–Crippen LogP) is 2.34. The Morgan fingerprint density at radius 1 is 0.776 bits per heavy atom. The molecule has 0 radical (unpaired) electrons. The first-order chi connectivity index (χ1) is 23.4. The summed E-state index contributed by atoms with van der Waals surface area (Å²) in [5.41, 5.74) is 1.95. The number of benzene rings is 3. The molecular weight excluding hydrogens is 638 g/mol. The Kier molecular flexibility index (Phi) is 8.96. The summed E-state index contributed by atoms with van der Waals surface area (Å²) in [5.74, 6) is -1.62. The quantitative estimate of drug-likeness (QED) is 0.234. The molecule has 1 saturated heterocycles. The van der Waals surface area contributed by atoms with Crippen LogP contribution in [-0.4, -0.2) is 95.1 Å². The van der Waals surface area contributed by atoms with Crippen LogP contribution in [0.2, 0.25) is 0 Å². The highest BCUT2D eigenvalue weighted by molar-refractivity contribution is 6.40. The average molecular weight is 672 g/mol. The topological polar surface area (TPSA) is 198 Å². The van der Waals surface area contributed by atoms with E-state index < -0.39 is 60.4 Å². The van der Waals surface area contributed by atoms with Crippen molar-refractivity contribution in [2.24, 2.45) is 0 Å². The van der Waals surface area contributed by atoms with Crippen molar-refractivity contribution in [2.45, 2.75) is 44.6 Å². The molecule has 3 aromatic rings. The van der Waals surface area contributed by atoms with Gasteiger partial charge in [-0.1, -0.05) is 0 Å². The van der Waals surface area contributed by atoms with Gasteiger partial charge in [-0.15, -0.1) is 0 Å². The van der Waals surface area contributed by atoms with E-state index in [2.05, 4.69) is 5.32 Å². The normalized spacial score (nSPS) is 23.3. The number of allylic oxidation sites excluding steroid dienone is 4. The first-order valence-corrected chi connectivity index (χ1v) is 15.2. The van der Waals surface area contributed by atoms with Gasteiger partial charge < -0.3 is 44.7 Å². The van der Waals surface area contributed by atoms with E-state index in [0.29, 0.717) is 11.3 Å². The maximum atomic E-state index is 14.0. The van der Waals surface area contributed by atoms with E-state index in [1.54, 1.807) is 26.0 Å². The second kappa shape index (κ2) is 13.0. The van der Waals surface area contributed by atoms with Crippen molar-refractivity contribution in [1.29, 1.82) is 0 Å². The third-order valence-corrected chi connectivity index (χ3v) is 8.68. The fourth-order valence-electron chi connectivity index (χ4n) is 6.26. The van der Waals surface area contributed by atoms with E-state index in [9.17, 15) is 39.6 Å². The Labute approximate surface area is 280 Å². The van der Waals surface area contributed by atoms with Gasteiger partial charge in [-0.05, 0) is 73.5 Å². The van der Waals surface area contributed by atoms with Crippen molar-refractivity contribution in [3.8, 4) is 17.2 Å². The SMILES string of the molecule is COc1cc(C)cc2c1C(=O)C(c1c(C)cc3c(c1OC)C(=O)C(Nc1ccc(O[C@@H]4O[C@H](CO)[C@@H](O)[C@H](O)[C@H]4O)cc1)=CC3=O)=CC2=O. The standard InChI is InChI=1S/C36H33NO12/c1-15-9-19-23(39)12-21(30(41)28(19)25(10-15)46-3)27-16(2)11-20-24(40)13-22(31(42)29(20)35(27)47-4)37-17-5-7-18(8-6-17)48-36-34(45)33(44)32(43)26(14-38)49-36/h5-13,26,32-34,36-38,43-45H,14H2,1-4H3/t26-,32-,33+,34-,36-/m1/s1. The van der Waals surface area contributed by atoms with Gasteiger partial charge in [0.1, 0.15) is 41.7 Å². The number of aliphatic hydroxyl groups is 4. The molecule has 1 aliphatic heterocycles. The molecule has 49 heavy (non-hydrogen) atoms. The molecule has 2 aliphatic carbocycles. The van der Waals surface area contributed by atoms with E-state index in [1.807, 2.05) is 0 Å². The fourth-order valence-corrected chi connectivity index (χ4v) is 6.26. The van der Waals surface area contributed by atoms with E-state index in [1.165, 1.54) is 50.6 Å². The minimum Gasteiger partial charge on any atom is -0.496 e. The van der Waals surface area contributed by atoms with Crippen LogP contribution < -0.4 is 19.5 Å². The number of hydrogen-bond acceptors (Lipinski definition) is 13. The van der Waals surface area contributed by atoms with Gasteiger partial charge in [0.15, 0.2) is 17.3 Å². The zero-order valence-electron chi connectivity index (χ0n) is 26.8. The van der Waals surface area contributed by atoms with Crippen molar-refractivity contribution in [1.82, 2.24) is 0 Å². The molecule has 13 nitrogen and oxygen atoms in total. The van der Waals surface area contributed by atoms with Crippen molar-refractivity contribution in [3.05, 3.63) is 99.3 Å². The lowest BCUT2D eigenvalue weighted by Gasteiger charge is -2.39. The number of carbonyl (C=O) groups excluding carboxylic acids is 4. The van der Waals surface area contributed by atoms with Crippen molar-refractivity contribution in [2.75, 3.05) is 26.1 Å². The highest BCUT2D eigenvalue weighted by Gasteiger charge is 2.45. The highest BCUT2D eigenvalue weighted by Crippen LogP contribution is 2.43. The number of rotatable bonds is 8. The van der Waals surface area contributed by atoms with Crippen molar-refractivity contribution >= 4 is 34.4 Å². The molecule has 3 aliphatic rings. The summed E-state index contributed by atoms with van der Waals surface area (Å²) in [6, 6.07) is 10.8. The maximum Gasteiger partial charge on any atom is 0.229 e. The van der Waals surface area contributed by atoms with Crippen LogP contribution in [0.3, 0.4) is 0 Å². The molecule has 0 saturated carbocycles. The van der Waals surface area contributed by atoms with E-state index in [0.717, 1.165) is 11.6 Å². The number of anilines is 1. The van der Waals surface area contributed by atoms with Crippen LogP contribution in [0.15, 0.2) is 60.3 Å². The third-order valence-electron chi connectivity index (χ3n) is 8.68. The van der Waals surface area contributed by atoms with Crippen LogP contribution in [0.25, 0.3) is 5.57 Å². The fraction of sp³-hybridized carbons (Fsp3) is 0.278. The molecule has 254 valence electrons. The average Bonchev–Trinajstić information content (AvgIpc) is 3.08. The van der Waals surface area contributed by atoms with Gasteiger partial charge in [-0.25, -0.2) is 0 Å². The molecule has 3 aromatic carbocycles. The van der Waals surface area contributed by atoms with Gasteiger partial charge in [0, 0.05) is 34.0 Å². The molecule has 0 amide bonds. The third kappa shape index (κ3) is 5.81. The maximum absolute atomic E-state index is 14.0. The smallest absolute Gasteiger partial charge is 0.229 e. The highest BCUT2D eigenvalue weighted by atomic mass is 16.7. The first kappa shape index (κ1) is 33.7. The Hall–Kier alpha value is -5.18. The monoisotopic (exact) mass is 671 g/mol. The second-order valence-electron chi connectivity index (χ2n) is 11.9. The molecule has 0 bridgehead atoms. The molecule has 5 atom stereocenters. The lowest BCUT2D eigenvalue weighted by atomic mass is 9.80. The minimum atomic E-state index is -1.61. The second-order valence-corrected chi connectivity index (χ2v) is 11.9. The number of hydrogen-bond donors (Lipinski definition) is 5. The van der Waals surface area contributed by atoms with Crippen LogP contribution in [-0.2, 0) is 4.74 Å². The molecule has 0 spiro atoms. The first-order valence-electron chi connectivity index (χ1n) is 15.2. The molecule has 13 heteroatoms. The summed E-state index contributed by atoms with van der Waals surface area (Å²) in [5, 5.41) is 42.6. The summed E-state index contributed by atoms with van der Waals surface area (Å²) in [7, 11) is 2.71. The van der Waals surface area contributed by atoms with Crippen molar-refractivity contribution in [3.63, 3.8) is 0 Å². The zero-order valence-corrected chi connectivity index (χ0v) is 26.8. The van der Waals surface area contributed by atoms with Crippen LogP contribution in [0.5, 0.6) is 17.2 Å². The Bertz CT molecular complexity index is 1960. The summed E-state index contributed by atoms with van der Waals surface area (Å²) in [6.45, 7) is 2.82. The molecule has 5 N–H and O–H groups in total. The molecule has 6 rings (SSSR count). The summed E-state index contributed by atoms with van der Waals surface area (Å²) >= 11 is 0. The number of aryl methyl sites for hydroxylation is 2. The number of ether oxygens (including phenoxy) is 4. The predicted molar refractivity (Wildman–Crippen MR) is 173 cm³/mol. The lowest BCUT2D eigenvalue weighted by Crippen LogP contribution is -2.60. The molecule has 0 unspecified atom stereocenters. The van der Waals surface area contributed by atoms with Crippen LogP contribution in [0.4, 0.5) is 5.69 Å². The van der Waals surface area contributed by atoms with Crippen LogP contribution in [0.1, 0.15) is 58.1 Å². The molecule has 1 heterocycles. The largest absolute Gasteiger partial charge is 0.496 e. The summed E-state index contributed by atoms with van der Waals surface area (Å²) in [6.07, 6.45) is -4.93. The van der Waals surface area contributed by atoms with E-state index in [4.69, 9.17) is 18.9 Å². The van der Waals surface area contributed by atoms with Gasteiger partial charge in [0.05, 0.1) is 37.7 Å². The Morgan fingerprint density at radius 2 is 1.45 bits per heavy atom. The van der Waals surface area contributed by atoms with Gasteiger partial charge in [-0.3, -0.25) is 19.2 Å². The number of ketones is 4. The van der Waals surface area contributed by atoms with Gasteiger partial charge in [0.2, 0.25) is 12.1 Å². The number of methoxy groups -OCH3 is 2. The molecular formula is C36H33NO12. The minimum absolute atomic E-state index is 0.00361. The van der Waals surface area contributed by atoms with Crippen LogP contribution in [0, 0.1) is 13.8 Å². The van der Waals surface area contributed by atoms with E-state index in [-0.39, 0.29) is 56.3 Å². The number of nitrogens with one attached hydrogen (secondary N) is 1. The van der Waals surface area contributed by atoms with Gasteiger partial charge >= 0.3 is 0 Å². The van der Waals surface area contributed by atoms with Gasteiger partial charge in [0.25, 0.3) is 0 Å². The zero-order chi connectivity index (χ0) is 35.3. The van der Waals surface area contributed by atoms with E-state index >= 15 is 0 Å². The number of fused-ring (bicyclic) bond motifs is 2. The van der Waals surface area contributed by atoms with Crippen molar-refractivity contribution < 1.29 is 58.6 Å². The number of carbonyl (C=O) groups is 4. The van der Waals surface area contributed by atoms with Gasteiger partial charge in [-0.2, -0.15) is 0 Å². The number of aliphatic hydroxyl groups excluding tert-OH is 4. The molecule has 0 aromatic heterocycles. The lowest BCUT2D eigenvalue weighted by molar-refractivity contribution is -0.277. The van der Waals surface area contributed by atoms with Crippen LogP contribution >= 0.6 is 0 Å². The Morgan fingerprint density at radius 3 is 2.10 bits per heavy atom. The summed E-state index contributed by atoms with van der Waals surface area (Å²) in [4.78, 5) is 54.5. The summed E-state index contributed by atoms with van der Waals surface area (Å²) < 4.78 is 22.1. The molecule has 1 fully saturated rings.